The number of aromatic nitrogens is 1. The Morgan fingerprint density at radius 2 is 2.00 bits per heavy atom. The molecule has 1 aromatic heterocycles. The van der Waals surface area contributed by atoms with E-state index in [0.29, 0.717) is 19.7 Å². The van der Waals surface area contributed by atoms with Gasteiger partial charge in [0.05, 0.1) is 19.8 Å². The molecular formula is C19H32N4O5. The molecule has 9 nitrogen and oxygen atoms in total. The quantitative estimate of drug-likeness (QED) is 0.563. The maximum absolute atomic E-state index is 12.9. The molecular weight excluding hydrogens is 364 g/mol. The summed E-state index contributed by atoms with van der Waals surface area (Å²) in [5.74, 6) is -0.713. The molecule has 9 heteroatoms. The van der Waals surface area contributed by atoms with E-state index in [4.69, 9.17) is 9.47 Å². The fourth-order valence-corrected chi connectivity index (χ4v) is 2.55. The number of amides is 3. The van der Waals surface area contributed by atoms with Gasteiger partial charge in [-0.3, -0.25) is 9.59 Å². The first-order valence-corrected chi connectivity index (χ1v) is 9.37. The van der Waals surface area contributed by atoms with Crippen LogP contribution in [0.1, 0.15) is 26.5 Å². The van der Waals surface area contributed by atoms with Crippen molar-refractivity contribution < 1.29 is 23.9 Å². The number of nitrogens with zero attached hydrogens (tertiary/aromatic N) is 3. The van der Waals surface area contributed by atoms with Gasteiger partial charge >= 0.3 is 12.0 Å². The number of carbonyl (C=O) groups excluding carboxylic acids is 3. The SMILES string of the molecule is CCOC(=O)CNC(=O)N(CC(=O)N(CCOC)Cc1cccn1C)C(C)C. The van der Waals surface area contributed by atoms with E-state index in [0.717, 1.165) is 5.69 Å². The van der Waals surface area contributed by atoms with Crippen molar-refractivity contribution in [2.75, 3.05) is 40.0 Å². The van der Waals surface area contributed by atoms with Crippen LogP contribution in [0.5, 0.6) is 0 Å². The predicted octanol–water partition coefficient (Wildman–Crippen LogP) is 0.983. The first-order chi connectivity index (χ1) is 13.3. The molecule has 0 aliphatic carbocycles. The average molecular weight is 396 g/mol. The molecule has 0 spiro atoms. The van der Waals surface area contributed by atoms with Crippen LogP contribution in [-0.4, -0.2) is 78.3 Å². The lowest BCUT2D eigenvalue weighted by atomic mass is 10.3. The van der Waals surface area contributed by atoms with Gasteiger partial charge in [0.25, 0.3) is 0 Å². The summed E-state index contributed by atoms with van der Waals surface area (Å²) < 4.78 is 11.9. The Morgan fingerprint density at radius 3 is 2.54 bits per heavy atom. The lowest BCUT2D eigenvalue weighted by Gasteiger charge is -2.30. The van der Waals surface area contributed by atoms with Gasteiger partial charge in [-0.1, -0.05) is 0 Å². The first kappa shape index (κ1) is 23.5. The number of carbonyl (C=O) groups is 3. The van der Waals surface area contributed by atoms with Crippen molar-refractivity contribution in [3.63, 3.8) is 0 Å². The molecule has 158 valence electrons. The number of methoxy groups -OCH3 is 1. The number of hydrogen-bond acceptors (Lipinski definition) is 5. The van der Waals surface area contributed by atoms with Gasteiger partial charge in [0.15, 0.2) is 0 Å². The van der Waals surface area contributed by atoms with Crippen molar-refractivity contribution >= 4 is 17.9 Å². The Balaban J connectivity index is 2.77. The Kier molecular flexibility index (Phi) is 10.1. The minimum Gasteiger partial charge on any atom is -0.465 e. The highest BCUT2D eigenvalue weighted by molar-refractivity contribution is 5.86. The molecule has 0 aliphatic heterocycles. The van der Waals surface area contributed by atoms with Crippen molar-refractivity contribution in [1.29, 1.82) is 0 Å². The number of esters is 1. The third-order valence-corrected chi connectivity index (χ3v) is 4.20. The second-order valence-electron chi connectivity index (χ2n) is 6.60. The van der Waals surface area contributed by atoms with Crippen LogP contribution < -0.4 is 5.32 Å². The highest BCUT2D eigenvalue weighted by Gasteiger charge is 2.24. The Morgan fingerprint density at radius 1 is 1.29 bits per heavy atom. The molecule has 0 fully saturated rings. The smallest absolute Gasteiger partial charge is 0.325 e. The summed E-state index contributed by atoms with van der Waals surface area (Å²) in [6.07, 6.45) is 1.91. The lowest BCUT2D eigenvalue weighted by molar-refractivity contribution is -0.141. The summed E-state index contributed by atoms with van der Waals surface area (Å²) >= 11 is 0. The van der Waals surface area contributed by atoms with Crippen LogP contribution in [0.25, 0.3) is 0 Å². The molecule has 0 aliphatic rings. The minimum absolute atomic E-state index is 0.0968. The molecule has 0 aromatic carbocycles. The van der Waals surface area contributed by atoms with E-state index in [9.17, 15) is 14.4 Å². The summed E-state index contributed by atoms with van der Waals surface area (Å²) in [7, 11) is 3.49. The lowest BCUT2D eigenvalue weighted by Crippen LogP contribution is -2.50. The third kappa shape index (κ3) is 7.59. The van der Waals surface area contributed by atoms with Crippen LogP contribution in [0.4, 0.5) is 4.79 Å². The van der Waals surface area contributed by atoms with Crippen molar-refractivity contribution in [2.45, 2.75) is 33.4 Å². The van der Waals surface area contributed by atoms with E-state index in [1.54, 1.807) is 18.9 Å². The van der Waals surface area contributed by atoms with Gasteiger partial charge in [-0.15, -0.1) is 0 Å². The zero-order valence-electron chi connectivity index (χ0n) is 17.4. The van der Waals surface area contributed by atoms with Gasteiger partial charge < -0.3 is 29.2 Å². The molecule has 1 aromatic rings. The van der Waals surface area contributed by atoms with E-state index in [1.165, 1.54) is 4.90 Å². The number of nitrogens with one attached hydrogen (secondary N) is 1. The maximum Gasteiger partial charge on any atom is 0.325 e. The fraction of sp³-hybridized carbons (Fsp3) is 0.632. The highest BCUT2D eigenvalue weighted by atomic mass is 16.5. The Hall–Kier alpha value is -2.55. The van der Waals surface area contributed by atoms with Crippen LogP contribution in [0.2, 0.25) is 0 Å². The summed E-state index contributed by atoms with van der Waals surface area (Å²) in [6.45, 7) is 6.46. The van der Waals surface area contributed by atoms with E-state index in [1.807, 2.05) is 43.8 Å². The van der Waals surface area contributed by atoms with E-state index >= 15 is 0 Å². The van der Waals surface area contributed by atoms with Gasteiger partial charge in [0, 0.05) is 38.6 Å². The molecule has 3 amide bonds. The zero-order valence-corrected chi connectivity index (χ0v) is 17.4. The number of urea groups is 1. The number of ether oxygens (including phenoxy) is 2. The average Bonchev–Trinajstić information content (AvgIpc) is 3.05. The Bertz CT molecular complexity index is 644. The molecule has 0 unspecified atom stereocenters. The second-order valence-corrected chi connectivity index (χ2v) is 6.60. The molecule has 28 heavy (non-hydrogen) atoms. The van der Waals surface area contributed by atoms with Crippen LogP contribution in [0.3, 0.4) is 0 Å². The van der Waals surface area contributed by atoms with Crippen molar-refractivity contribution in [3.05, 3.63) is 24.0 Å². The molecule has 1 heterocycles. The minimum atomic E-state index is -0.517. The Labute approximate surface area is 166 Å². The number of aryl methyl sites for hydroxylation is 1. The van der Waals surface area contributed by atoms with E-state index in [2.05, 4.69) is 5.32 Å². The van der Waals surface area contributed by atoms with Crippen LogP contribution in [0.15, 0.2) is 18.3 Å². The van der Waals surface area contributed by atoms with Crippen molar-refractivity contribution in [3.8, 4) is 0 Å². The summed E-state index contributed by atoms with van der Waals surface area (Å²) in [5, 5.41) is 2.50. The second kappa shape index (κ2) is 12.0. The van der Waals surface area contributed by atoms with Crippen LogP contribution in [0, 0.1) is 0 Å². The highest BCUT2D eigenvalue weighted by Crippen LogP contribution is 2.08. The molecule has 0 saturated heterocycles. The largest absolute Gasteiger partial charge is 0.465 e. The summed E-state index contributed by atoms with van der Waals surface area (Å²) in [5.41, 5.74) is 0.979. The zero-order chi connectivity index (χ0) is 21.1. The number of rotatable bonds is 11. The van der Waals surface area contributed by atoms with Gasteiger partial charge in [-0.2, -0.15) is 0 Å². The summed E-state index contributed by atoms with van der Waals surface area (Å²) in [4.78, 5) is 39.8. The van der Waals surface area contributed by atoms with Gasteiger partial charge in [0.1, 0.15) is 13.1 Å². The van der Waals surface area contributed by atoms with Crippen molar-refractivity contribution in [2.24, 2.45) is 7.05 Å². The van der Waals surface area contributed by atoms with Crippen LogP contribution in [-0.2, 0) is 32.7 Å². The normalized spacial score (nSPS) is 10.6. The first-order valence-electron chi connectivity index (χ1n) is 9.37. The fourth-order valence-electron chi connectivity index (χ4n) is 2.55. The van der Waals surface area contributed by atoms with Crippen LogP contribution >= 0.6 is 0 Å². The summed E-state index contributed by atoms with van der Waals surface area (Å²) in [6, 6.07) is 3.16. The van der Waals surface area contributed by atoms with Crippen molar-refractivity contribution in [1.82, 2.24) is 19.7 Å². The molecule has 1 rings (SSSR count). The maximum atomic E-state index is 12.9. The molecule has 1 N–H and O–H groups in total. The van der Waals surface area contributed by atoms with E-state index in [-0.39, 0.29) is 31.6 Å². The molecule has 0 radical (unpaired) electrons. The standard InChI is InChI=1S/C19H32N4O5/c1-6-28-18(25)12-20-19(26)23(15(2)3)14-17(24)22(10-11-27-5)13-16-8-7-9-21(16)4/h7-9,15H,6,10-14H2,1-5H3,(H,20,26). The topological polar surface area (TPSA) is 93.1 Å². The van der Waals surface area contributed by atoms with Gasteiger partial charge in [-0.05, 0) is 32.9 Å². The van der Waals surface area contributed by atoms with E-state index < -0.39 is 12.0 Å². The molecule has 0 atom stereocenters. The third-order valence-electron chi connectivity index (χ3n) is 4.20. The van der Waals surface area contributed by atoms with Gasteiger partial charge in [0.2, 0.25) is 5.91 Å². The molecule has 0 bridgehead atoms. The van der Waals surface area contributed by atoms with Gasteiger partial charge in [-0.25, -0.2) is 4.79 Å². The molecule has 0 saturated carbocycles. The monoisotopic (exact) mass is 396 g/mol. The predicted molar refractivity (Wildman–Crippen MR) is 105 cm³/mol. The number of hydrogen-bond donors (Lipinski definition) is 1.